The molecule has 3 fully saturated rings. The quantitative estimate of drug-likeness (QED) is 0.377. The number of nitrogens with zero attached hydrogens (tertiary/aromatic N) is 3. The van der Waals surface area contributed by atoms with Crippen molar-refractivity contribution in [1.29, 1.82) is 5.26 Å². The molecule has 2 saturated carbocycles. The molecular weight excluding hydrogens is 549 g/mol. The lowest BCUT2D eigenvalue weighted by atomic mass is 9.75. The summed E-state index contributed by atoms with van der Waals surface area (Å²) in [5.74, 6) is -3.89. The zero-order valence-corrected chi connectivity index (χ0v) is 23.3. The van der Waals surface area contributed by atoms with Gasteiger partial charge < -0.3 is 10.2 Å². The number of carbonyl (C=O) groups is 1. The summed E-state index contributed by atoms with van der Waals surface area (Å²) in [4.78, 5) is 20.8. The highest BCUT2D eigenvalue weighted by Crippen LogP contribution is 2.52. The van der Waals surface area contributed by atoms with E-state index in [0.29, 0.717) is 41.7 Å². The molecule has 0 spiro atoms. The number of anilines is 1. The van der Waals surface area contributed by atoms with Crippen LogP contribution in [0.5, 0.6) is 0 Å². The lowest BCUT2D eigenvalue weighted by molar-refractivity contribution is -0.127. The maximum Gasteiger partial charge on any atom is 0.249 e. The number of aromatic nitrogens is 1. The highest BCUT2D eigenvalue weighted by molar-refractivity contribution is 8.24. The molecule has 0 radical (unpaired) electrons. The van der Waals surface area contributed by atoms with Crippen LogP contribution in [0.15, 0.2) is 24.3 Å². The summed E-state index contributed by atoms with van der Waals surface area (Å²) in [6.07, 6.45) is -0.946. The number of nitrogens with one attached hydrogen (secondary N) is 1. The van der Waals surface area contributed by atoms with E-state index in [2.05, 4.69) is 10.2 Å². The van der Waals surface area contributed by atoms with Gasteiger partial charge in [0.05, 0.1) is 33.2 Å². The number of rotatable bonds is 6. The van der Waals surface area contributed by atoms with Gasteiger partial charge >= 0.3 is 0 Å². The molecule has 1 saturated heterocycles. The Morgan fingerprint density at radius 3 is 2.51 bits per heavy atom. The number of hydrogen-bond acceptors (Lipinski definition) is 7. The zero-order valence-electron chi connectivity index (χ0n) is 21.7. The van der Waals surface area contributed by atoms with E-state index in [1.54, 1.807) is 6.92 Å². The van der Waals surface area contributed by atoms with Crippen molar-refractivity contribution in [3.63, 3.8) is 0 Å². The molecule has 1 aliphatic heterocycles. The normalized spacial score (nSPS) is 28.1. The maximum absolute atomic E-state index is 14.5. The van der Waals surface area contributed by atoms with Gasteiger partial charge in [0.15, 0.2) is 0 Å². The third-order valence-electron chi connectivity index (χ3n) is 8.01. The molecule has 3 N–H and O–H groups in total. The number of benzene rings is 1. The number of carbonyl (C=O) groups excluding carboxylic acids is 1. The van der Waals surface area contributed by atoms with Gasteiger partial charge in [0.2, 0.25) is 11.8 Å². The number of thiazole rings is 1. The van der Waals surface area contributed by atoms with Crippen molar-refractivity contribution in [2.45, 2.75) is 69.0 Å². The van der Waals surface area contributed by atoms with Crippen LogP contribution in [0.1, 0.15) is 61.6 Å². The van der Waals surface area contributed by atoms with E-state index < -0.39 is 46.5 Å². The Morgan fingerprint density at radius 1 is 1.23 bits per heavy atom. The van der Waals surface area contributed by atoms with Crippen molar-refractivity contribution in [2.75, 3.05) is 29.5 Å². The van der Waals surface area contributed by atoms with Crippen LogP contribution < -0.4 is 10.2 Å². The topological polar surface area (TPSA) is 109 Å². The first kappa shape index (κ1) is 28.2. The Labute approximate surface area is 231 Å². The summed E-state index contributed by atoms with van der Waals surface area (Å²) < 4.78 is 61.8. The Bertz CT molecular complexity index is 1230. The third-order valence-corrected chi connectivity index (χ3v) is 11.0. The number of halogens is 3. The van der Waals surface area contributed by atoms with E-state index in [1.807, 2.05) is 30.3 Å². The fourth-order valence-electron chi connectivity index (χ4n) is 5.72. The molecule has 4 atom stereocenters. The SMILES string of the molecule is C[C@@H](C#N)NC(=O)[C@@H]1C[C@@H](F)CC[C@H]1c1nc(C2CC(F)(F)C2)sc1-c1ccc(N2CCS(O)(O)CC2)cc1. The molecule has 2 heterocycles. The molecule has 7 nitrogen and oxygen atoms in total. The van der Waals surface area contributed by atoms with Crippen molar-refractivity contribution < 1.29 is 27.1 Å². The molecule has 0 unspecified atom stereocenters. The zero-order chi connectivity index (χ0) is 27.9. The molecule has 5 rings (SSSR count). The molecule has 1 amide bonds. The molecule has 0 bridgehead atoms. The van der Waals surface area contributed by atoms with E-state index in [9.17, 15) is 27.1 Å². The van der Waals surface area contributed by atoms with Gasteiger partial charge in [0.25, 0.3) is 0 Å². The summed E-state index contributed by atoms with van der Waals surface area (Å²) >= 11 is 1.37. The van der Waals surface area contributed by atoms with Gasteiger partial charge in [-0.25, -0.2) is 18.2 Å². The number of hydrogen-bond donors (Lipinski definition) is 3. The second-order valence-corrected chi connectivity index (χ2v) is 14.4. The highest BCUT2D eigenvalue weighted by Gasteiger charge is 2.48. The summed E-state index contributed by atoms with van der Waals surface area (Å²) in [5.41, 5.74) is 2.43. The molecule has 12 heteroatoms. The van der Waals surface area contributed by atoms with Crippen molar-refractivity contribution >= 4 is 33.5 Å². The Balaban J connectivity index is 1.46. The van der Waals surface area contributed by atoms with Crippen molar-refractivity contribution in [3.8, 4) is 16.5 Å². The van der Waals surface area contributed by atoms with Crippen molar-refractivity contribution in [2.24, 2.45) is 5.92 Å². The van der Waals surface area contributed by atoms with Crippen molar-refractivity contribution in [3.05, 3.63) is 35.0 Å². The van der Waals surface area contributed by atoms with Gasteiger partial charge in [0.1, 0.15) is 12.2 Å². The second kappa shape index (κ2) is 10.9. The Morgan fingerprint density at radius 2 is 1.90 bits per heavy atom. The standard InChI is InChI=1S/C27H33F3N4O3S2/c1-16(15-31)32-25(35)22-12-19(28)4-7-21(22)23-24(38-26(33-23)18-13-27(29,30)14-18)17-2-5-20(6-3-17)34-8-10-39(36,37)11-9-34/h2-3,5-6,16,18-19,21-22,36-37H,4,7-14H2,1H3,(H,32,35)/t16-,19-,21+,22+/m0/s1. The van der Waals surface area contributed by atoms with Crippen LogP contribution in [0.3, 0.4) is 0 Å². The Kier molecular flexibility index (Phi) is 7.90. The van der Waals surface area contributed by atoms with Crippen LogP contribution in [0.4, 0.5) is 18.9 Å². The first-order valence-electron chi connectivity index (χ1n) is 13.3. The number of alkyl halides is 3. The minimum Gasteiger partial charge on any atom is -0.368 e. The van der Waals surface area contributed by atoms with Gasteiger partial charge in [-0.05, 0) is 43.9 Å². The molecule has 1 aromatic heterocycles. The van der Waals surface area contributed by atoms with Crippen LogP contribution >= 0.6 is 21.9 Å². The highest BCUT2D eigenvalue weighted by atomic mass is 32.3. The maximum atomic E-state index is 14.5. The monoisotopic (exact) mass is 582 g/mol. The predicted octanol–water partition coefficient (Wildman–Crippen LogP) is 6.14. The van der Waals surface area contributed by atoms with Crippen molar-refractivity contribution in [1.82, 2.24) is 10.3 Å². The Hall–Kier alpha value is -2.33. The molecule has 3 aliphatic rings. The summed E-state index contributed by atoms with van der Waals surface area (Å²) in [5, 5.41) is 12.4. The first-order chi connectivity index (χ1) is 18.4. The van der Waals surface area contributed by atoms with Gasteiger partial charge in [-0.2, -0.15) is 15.9 Å². The molecule has 39 heavy (non-hydrogen) atoms. The predicted molar refractivity (Wildman–Crippen MR) is 147 cm³/mol. The molecular formula is C27H33F3N4O3S2. The summed E-state index contributed by atoms with van der Waals surface area (Å²) in [6.45, 7) is 2.65. The summed E-state index contributed by atoms with van der Waals surface area (Å²) in [6, 6.07) is 9.03. The van der Waals surface area contributed by atoms with E-state index >= 15 is 0 Å². The first-order valence-corrected chi connectivity index (χ1v) is 16.0. The van der Waals surface area contributed by atoms with Crippen LogP contribution in [0.25, 0.3) is 10.4 Å². The minimum atomic E-state index is -2.70. The summed E-state index contributed by atoms with van der Waals surface area (Å²) in [7, 11) is -2.51. The van der Waals surface area contributed by atoms with Gasteiger partial charge in [-0.15, -0.1) is 11.3 Å². The molecule has 1 aromatic carbocycles. The average molecular weight is 583 g/mol. The lowest BCUT2D eigenvalue weighted by Gasteiger charge is -2.41. The third kappa shape index (κ3) is 6.21. The lowest BCUT2D eigenvalue weighted by Crippen LogP contribution is -2.42. The molecule has 2 aliphatic carbocycles. The van der Waals surface area contributed by atoms with E-state index in [0.717, 1.165) is 16.1 Å². The molecule has 212 valence electrons. The van der Waals surface area contributed by atoms with Crippen LogP contribution in [-0.4, -0.2) is 62.7 Å². The second-order valence-electron chi connectivity index (χ2n) is 11.0. The van der Waals surface area contributed by atoms with Gasteiger partial charge in [-0.1, -0.05) is 12.1 Å². The van der Waals surface area contributed by atoms with E-state index in [-0.39, 0.29) is 31.6 Å². The average Bonchev–Trinajstić information content (AvgIpc) is 3.32. The number of nitriles is 1. The smallest absolute Gasteiger partial charge is 0.249 e. The van der Waals surface area contributed by atoms with E-state index in [4.69, 9.17) is 10.2 Å². The fraction of sp³-hybridized carbons (Fsp3) is 0.593. The molecule has 2 aromatic rings. The van der Waals surface area contributed by atoms with E-state index in [1.165, 1.54) is 11.3 Å². The van der Waals surface area contributed by atoms with Crippen LogP contribution in [0, 0.1) is 17.2 Å². The minimum absolute atomic E-state index is 0.0234. The van der Waals surface area contributed by atoms with Crippen LogP contribution in [0.2, 0.25) is 0 Å². The van der Waals surface area contributed by atoms with Gasteiger partial charge in [-0.3, -0.25) is 13.9 Å². The van der Waals surface area contributed by atoms with Gasteiger partial charge in [0, 0.05) is 49.4 Å². The largest absolute Gasteiger partial charge is 0.368 e. The fourth-order valence-corrected chi connectivity index (χ4v) is 8.19. The number of amides is 1. The van der Waals surface area contributed by atoms with Crippen LogP contribution in [-0.2, 0) is 4.79 Å².